The van der Waals surface area contributed by atoms with Gasteiger partial charge < -0.3 is 5.32 Å². The summed E-state index contributed by atoms with van der Waals surface area (Å²) in [6, 6.07) is 10.4. The molecule has 1 aromatic carbocycles. The molecule has 2 heteroatoms. The van der Waals surface area contributed by atoms with Gasteiger partial charge in [0, 0.05) is 17.3 Å². The quantitative estimate of drug-likeness (QED) is 0.742. The molecule has 21 heavy (non-hydrogen) atoms. The van der Waals surface area contributed by atoms with Crippen molar-refractivity contribution < 1.29 is 0 Å². The molecular formula is C19H31NS. The first-order chi connectivity index (χ1) is 10.1. The van der Waals surface area contributed by atoms with Crippen molar-refractivity contribution >= 4 is 11.8 Å². The summed E-state index contributed by atoms with van der Waals surface area (Å²) in [7, 11) is 0. The van der Waals surface area contributed by atoms with Crippen LogP contribution in [0.3, 0.4) is 0 Å². The third-order valence-corrected chi connectivity index (χ3v) is 5.63. The molecule has 1 N–H and O–H groups in total. The first kappa shape index (κ1) is 16.9. The first-order valence-corrected chi connectivity index (χ1v) is 9.59. The van der Waals surface area contributed by atoms with Crippen LogP contribution in [0.4, 0.5) is 0 Å². The lowest BCUT2D eigenvalue weighted by Gasteiger charge is -2.20. The molecule has 3 unspecified atom stereocenters. The molecule has 0 amide bonds. The second-order valence-corrected chi connectivity index (χ2v) is 8.39. The fourth-order valence-electron chi connectivity index (χ4n) is 3.34. The standard InChI is InChI=1S/C19H31NS/c1-5-21-19-11-10-18(13-19)20-15(4)17-8-6-16(7-9-17)12-14(2)3/h6-9,14-15,18-20H,5,10-13H2,1-4H3. The number of nitrogens with one attached hydrogen (secondary N) is 1. The van der Waals surface area contributed by atoms with Crippen molar-refractivity contribution in [3.8, 4) is 0 Å². The molecular weight excluding hydrogens is 274 g/mol. The summed E-state index contributed by atoms with van der Waals surface area (Å²) < 4.78 is 0. The summed E-state index contributed by atoms with van der Waals surface area (Å²) in [6.07, 6.45) is 5.25. The van der Waals surface area contributed by atoms with Gasteiger partial charge in [0.05, 0.1) is 0 Å². The Labute approximate surface area is 135 Å². The van der Waals surface area contributed by atoms with Crippen LogP contribution in [-0.2, 0) is 6.42 Å². The minimum absolute atomic E-state index is 0.466. The predicted molar refractivity (Wildman–Crippen MR) is 96.1 cm³/mol. The summed E-state index contributed by atoms with van der Waals surface area (Å²) in [5.41, 5.74) is 2.88. The normalized spacial score (nSPS) is 23.7. The highest BCUT2D eigenvalue weighted by molar-refractivity contribution is 7.99. The third kappa shape index (κ3) is 5.34. The summed E-state index contributed by atoms with van der Waals surface area (Å²) >= 11 is 2.13. The number of rotatable bonds is 7. The van der Waals surface area contributed by atoms with E-state index in [0.29, 0.717) is 12.1 Å². The van der Waals surface area contributed by atoms with Gasteiger partial charge in [-0.3, -0.25) is 0 Å². The van der Waals surface area contributed by atoms with E-state index in [-0.39, 0.29) is 0 Å². The smallest absolute Gasteiger partial charge is 0.0294 e. The molecule has 0 aromatic heterocycles. The molecule has 2 rings (SSSR count). The topological polar surface area (TPSA) is 12.0 Å². The average molecular weight is 306 g/mol. The van der Waals surface area contributed by atoms with Gasteiger partial charge in [-0.15, -0.1) is 0 Å². The maximum absolute atomic E-state index is 3.83. The van der Waals surface area contributed by atoms with Crippen molar-refractivity contribution in [3.63, 3.8) is 0 Å². The van der Waals surface area contributed by atoms with E-state index in [1.54, 1.807) is 0 Å². The van der Waals surface area contributed by atoms with Gasteiger partial charge in [-0.2, -0.15) is 11.8 Å². The van der Waals surface area contributed by atoms with E-state index >= 15 is 0 Å². The molecule has 0 aliphatic heterocycles. The summed E-state index contributed by atoms with van der Waals surface area (Å²) in [4.78, 5) is 0. The molecule has 0 saturated heterocycles. The molecule has 118 valence electrons. The Hall–Kier alpha value is -0.470. The first-order valence-electron chi connectivity index (χ1n) is 8.55. The van der Waals surface area contributed by atoms with E-state index in [1.807, 2.05) is 0 Å². The number of hydrogen-bond acceptors (Lipinski definition) is 2. The molecule has 0 bridgehead atoms. The second kappa shape index (κ2) is 8.24. The monoisotopic (exact) mass is 305 g/mol. The van der Waals surface area contributed by atoms with Gasteiger partial charge in [0.2, 0.25) is 0 Å². The van der Waals surface area contributed by atoms with E-state index in [9.17, 15) is 0 Å². The van der Waals surface area contributed by atoms with Crippen molar-refractivity contribution in [1.82, 2.24) is 5.32 Å². The molecule has 1 aliphatic carbocycles. The molecule has 1 fully saturated rings. The predicted octanol–water partition coefficient (Wildman–Crippen LogP) is 5.21. The van der Waals surface area contributed by atoms with Crippen molar-refractivity contribution in [2.24, 2.45) is 5.92 Å². The Kier molecular flexibility index (Phi) is 6.63. The Morgan fingerprint density at radius 2 is 1.86 bits per heavy atom. The minimum Gasteiger partial charge on any atom is -0.307 e. The maximum Gasteiger partial charge on any atom is 0.0294 e. The van der Waals surface area contributed by atoms with Crippen molar-refractivity contribution in [2.45, 2.75) is 70.7 Å². The highest BCUT2D eigenvalue weighted by Gasteiger charge is 2.25. The summed E-state index contributed by atoms with van der Waals surface area (Å²) in [5, 5.41) is 4.71. The lowest BCUT2D eigenvalue weighted by Crippen LogP contribution is -2.29. The van der Waals surface area contributed by atoms with Crippen molar-refractivity contribution in [3.05, 3.63) is 35.4 Å². The summed E-state index contributed by atoms with van der Waals surface area (Å²) in [6.45, 7) is 9.14. The zero-order chi connectivity index (χ0) is 15.2. The van der Waals surface area contributed by atoms with Crippen molar-refractivity contribution in [2.75, 3.05) is 5.75 Å². The van der Waals surface area contributed by atoms with Gasteiger partial charge in [0.25, 0.3) is 0 Å². The average Bonchev–Trinajstić information content (AvgIpc) is 2.86. The van der Waals surface area contributed by atoms with E-state index in [1.165, 1.54) is 42.6 Å². The van der Waals surface area contributed by atoms with Crippen LogP contribution in [0.5, 0.6) is 0 Å². The van der Waals surface area contributed by atoms with Crippen LogP contribution in [0.2, 0.25) is 0 Å². The molecule has 1 aliphatic rings. The molecule has 0 spiro atoms. The maximum atomic E-state index is 3.83. The largest absolute Gasteiger partial charge is 0.307 e. The van der Waals surface area contributed by atoms with Crippen LogP contribution in [-0.4, -0.2) is 17.0 Å². The lowest BCUT2D eigenvalue weighted by atomic mass is 9.99. The van der Waals surface area contributed by atoms with Crippen LogP contribution < -0.4 is 5.32 Å². The zero-order valence-corrected chi connectivity index (χ0v) is 14.9. The van der Waals surface area contributed by atoms with Crippen LogP contribution in [0, 0.1) is 5.92 Å². The molecule has 1 saturated carbocycles. The van der Waals surface area contributed by atoms with Gasteiger partial charge in [-0.1, -0.05) is 45.0 Å². The fraction of sp³-hybridized carbons (Fsp3) is 0.684. The molecule has 0 radical (unpaired) electrons. The molecule has 3 atom stereocenters. The van der Waals surface area contributed by atoms with Crippen molar-refractivity contribution in [1.29, 1.82) is 0 Å². The number of benzene rings is 1. The Bertz CT molecular complexity index is 412. The second-order valence-electron chi connectivity index (χ2n) is 6.82. The minimum atomic E-state index is 0.466. The van der Waals surface area contributed by atoms with E-state index in [2.05, 4.69) is 69.0 Å². The Balaban J connectivity index is 1.84. The summed E-state index contributed by atoms with van der Waals surface area (Å²) in [5.74, 6) is 1.99. The van der Waals surface area contributed by atoms with Gasteiger partial charge in [0.1, 0.15) is 0 Å². The highest BCUT2D eigenvalue weighted by atomic mass is 32.2. The SMILES string of the molecule is CCSC1CCC(NC(C)c2ccc(CC(C)C)cc2)C1. The van der Waals surface area contributed by atoms with E-state index in [0.717, 1.165) is 11.2 Å². The van der Waals surface area contributed by atoms with Crippen LogP contribution >= 0.6 is 11.8 Å². The lowest BCUT2D eigenvalue weighted by molar-refractivity contribution is 0.462. The van der Waals surface area contributed by atoms with Gasteiger partial charge in [-0.05, 0) is 55.4 Å². The Morgan fingerprint density at radius 1 is 1.14 bits per heavy atom. The van der Waals surface area contributed by atoms with E-state index in [4.69, 9.17) is 0 Å². The zero-order valence-electron chi connectivity index (χ0n) is 14.1. The van der Waals surface area contributed by atoms with Gasteiger partial charge in [0.15, 0.2) is 0 Å². The molecule has 1 aromatic rings. The van der Waals surface area contributed by atoms with Gasteiger partial charge in [-0.25, -0.2) is 0 Å². The van der Waals surface area contributed by atoms with E-state index < -0.39 is 0 Å². The number of hydrogen-bond donors (Lipinski definition) is 1. The molecule has 0 heterocycles. The number of thioether (sulfide) groups is 1. The van der Waals surface area contributed by atoms with Gasteiger partial charge >= 0.3 is 0 Å². The molecule has 1 nitrogen and oxygen atoms in total. The van der Waals surface area contributed by atoms with Crippen LogP contribution in [0.1, 0.15) is 64.1 Å². The fourth-order valence-corrected chi connectivity index (χ4v) is 4.48. The van der Waals surface area contributed by atoms with Crippen LogP contribution in [0.15, 0.2) is 24.3 Å². The third-order valence-electron chi connectivity index (χ3n) is 4.40. The highest BCUT2D eigenvalue weighted by Crippen LogP contribution is 2.31. The Morgan fingerprint density at radius 3 is 2.48 bits per heavy atom. The van der Waals surface area contributed by atoms with Crippen LogP contribution in [0.25, 0.3) is 0 Å².